The molecule has 134 valence electrons. The SMILES string of the molecule is CCCCOC[C@H](O)C(OCCCC)[C@H](CO)OCCCC. The van der Waals surface area contributed by atoms with Crippen LogP contribution in [0, 0.1) is 0 Å². The maximum atomic E-state index is 10.3. The van der Waals surface area contributed by atoms with Gasteiger partial charge in [0.1, 0.15) is 18.3 Å². The lowest BCUT2D eigenvalue weighted by atomic mass is 10.1. The van der Waals surface area contributed by atoms with Gasteiger partial charge in [0, 0.05) is 19.8 Å². The molecule has 0 rings (SSSR count). The fourth-order valence-electron chi connectivity index (χ4n) is 2.01. The molecule has 2 N–H and O–H groups in total. The Morgan fingerprint density at radius 2 is 1.36 bits per heavy atom. The van der Waals surface area contributed by atoms with Crippen LogP contribution in [0.5, 0.6) is 0 Å². The standard InChI is InChI=1S/C17H36O5/c1-4-7-10-20-14-15(19)17(22-12-9-6-3)16(13-18)21-11-8-5-2/h15-19H,4-14H2,1-3H3/t15-,16-,17?/m0/s1. The second-order valence-electron chi connectivity index (χ2n) is 5.63. The average molecular weight is 320 g/mol. The van der Waals surface area contributed by atoms with Crippen molar-refractivity contribution in [2.24, 2.45) is 0 Å². The minimum atomic E-state index is -0.785. The van der Waals surface area contributed by atoms with Crippen LogP contribution in [-0.2, 0) is 14.2 Å². The van der Waals surface area contributed by atoms with E-state index in [4.69, 9.17) is 14.2 Å². The Morgan fingerprint density at radius 1 is 0.818 bits per heavy atom. The minimum Gasteiger partial charge on any atom is -0.394 e. The lowest BCUT2D eigenvalue weighted by molar-refractivity contribution is -0.149. The number of hydrogen-bond donors (Lipinski definition) is 2. The molecule has 22 heavy (non-hydrogen) atoms. The molecule has 0 aliphatic heterocycles. The summed E-state index contributed by atoms with van der Waals surface area (Å²) >= 11 is 0. The molecule has 0 saturated heterocycles. The largest absolute Gasteiger partial charge is 0.394 e. The van der Waals surface area contributed by atoms with E-state index in [1.165, 1.54) is 0 Å². The number of rotatable bonds is 16. The van der Waals surface area contributed by atoms with Crippen LogP contribution in [0.15, 0.2) is 0 Å². The van der Waals surface area contributed by atoms with Crippen LogP contribution in [0.25, 0.3) is 0 Å². The summed E-state index contributed by atoms with van der Waals surface area (Å²) in [6.45, 7) is 8.08. The summed E-state index contributed by atoms with van der Waals surface area (Å²) in [5.41, 5.74) is 0. The number of aliphatic hydroxyl groups is 2. The Hall–Kier alpha value is -0.200. The summed E-state index contributed by atoms with van der Waals surface area (Å²) in [4.78, 5) is 0. The topological polar surface area (TPSA) is 68.2 Å². The van der Waals surface area contributed by atoms with Gasteiger partial charge in [-0.25, -0.2) is 0 Å². The first-order chi connectivity index (χ1) is 10.7. The Kier molecular flexibility index (Phi) is 15.5. The monoisotopic (exact) mass is 320 g/mol. The summed E-state index contributed by atoms with van der Waals surface area (Å²) in [6, 6.07) is 0. The highest BCUT2D eigenvalue weighted by Crippen LogP contribution is 2.12. The van der Waals surface area contributed by atoms with Gasteiger partial charge in [-0.3, -0.25) is 0 Å². The first-order valence-corrected chi connectivity index (χ1v) is 8.81. The van der Waals surface area contributed by atoms with Gasteiger partial charge >= 0.3 is 0 Å². The number of ether oxygens (including phenoxy) is 3. The first-order valence-electron chi connectivity index (χ1n) is 8.81. The van der Waals surface area contributed by atoms with E-state index in [0.29, 0.717) is 19.8 Å². The van der Waals surface area contributed by atoms with Gasteiger partial charge in [-0.05, 0) is 19.3 Å². The summed E-state index contributed by atoms with van der Waals surface area (Å²) < 4.78 is 16.9. The third-order valence-corrected chi connectivity index (χ3v) is 3.49. The molecule has 0 radical (unpaired) electrons. The predicted octanol–water partition coefficient (Wildman–Crippen LogP) is 2.53. The van der Waals surface area contributed by atoms with Crippen molar-refractivity contribution in [2.75, 3.05) is 33.0 Å². The van der Waals surface area contributed by atoms with Crippen LogP contribution < -0.4 is 0 Å². The Bertz CT molecular complexity index is 225. The van der Waals surface area contributed by atoms with Crippen molar-refractivity contribution in [1.82, 2.24) is 0 Å². The minimum absolute atomic E-state index is 0.160. The molecule has 0 aliphatic rings. The normalized spacial score (nSPS) is 15.7. The zero-order chi connectivity index (χ0) is 16.6. The van der Waals surface area contributed by atoms with E-state index >= 15 is 0 Å². The second-order valence-corrected chi connectivity index (χ2v) is 5.63. The van der Waals surface area contributed by atoms with Crippen LogP contribution in [0.4, 0.5) is 0 Å². The molecule has 0 fully saturated rings. The maximum absolute atomic E-state index is 10.3. The van der Waals surface area contributed by atoms with Gasteiger partial charge < -0.3 is 24.4 Å². The molecular formula is C17H36O5. The molecule has 0 aromatic carbocycles. The van der Waals surface area contributed by atoms with Crippen molar-refractivity contribution in [3.63, 3.8) is 0 Å². The zero-order valence-corrected chi connectivity index (χ0v) is 14.6. The molecule has 0 heterocycles. The second kappa shape index (κ2) is 15.7. The Morgan fingerprint density at radius 3 is 1.91 bits per heavy atom. The van der Waals surface area contributed by atoms with E-state index in [0.717, 1.165) is 38.5 Å². The number of aliphatic hydroxyl groups excluding tert-OH is 2. The summed E-state index contributed by atoms with van der Waals surface area (Å²) in [7, 11) is 0. The summed E-state index contributed by atoms with van der Waals surface area (Å²) in [5.74, 6) is 0. The Balaban J connectivity index is 4.40. The molecule has 0 bridgehead atoms. The van der Waals surface area contributed by atoms with Gasteiger partial charge in [-0.2, -0.15) is 0 Å². The van der Waals surface area contributed by atoms with Crippen LogP contribution >= 0.6 is 0 Å². The maximum Gasteiger partial charge on any atom is 0.114 e. The molecule has 0 spiro atoms. The smallest absolute Gasteiger partial charge is 0.114 e. The van der Waals surface area contributed by atoms with Gasteiger partial charge in [-0.1, -0.05) is 40.0 Å². The molecule has 0 aliphatic carbocycles. The van der Waals surface area contributed by atoms with Gasteiger partial charge in [-0.15, -0.1) is 0 Å². The van der Waals surface area contributed by atoms with Crippen molar-refractivity contribution >= 4 is 0 Å². The first kappa shape index (κ1) is 21.8. The quantitative estimate of drug-likeness (QED) is 0.428. The fraction of sp³-hybridized carbons (Fsp3) is 1.00. The number of hydrogen-bond acceptors (Lipinski definition) is 5. The van der Waals surface area contributed by atoms with Crippen LogP contribution in [0.3, 0.4) is 0 Å². The highest BCUT2D eigenvalue weighted by atomic mass is 16.6. The molecular weight excluding hydrogens is 284 g/mol. The Labute approximate surface area is 136 Å². The van der Waals surface area contributed by atoms with Crippen molar-refractivity contribution in [1.29, 1.82) is 0 Å². The van der Waals surface area contributed by atoms with E-state index in [1.54, 1.807) is 0 Å². The van der Waals surface area contributed by atoms with E-state index in [-0.39, 0.29) is 13.2 Å². The van der Waals surface area contributed by atoms with Crippen LogP contribution in [0.2, 0.25) is 0 Å². The lowest BCUT2D eigenvalue weighted by Gasteiger charge is -2.30. The third kappa shape index (κ3) is 10.5. The highest BCUT2D eigenvalue weighted by Gasteiger charge is 2.29. The zero-order valence-electron chi connectivity index (χ0n) is 14.6. The van der Waals surface area contributed by atoms with Crippen molar-refractivity contribution in [2.45, 2.75) is 77.6 Å². The van der Waals surface area contributed by atoms with Crippen molar-refractivity contribution in [3.8, 4) is 0 Å². The molecule has 3 atom stereocenters. The average Bonchev–Trinajstić information content (AvgIpc) is 2.53. The van der Waals surface area contributed by atoms with Gasteiger partial charge in [0.05, 0.1) is 13.2 Å². The number of unbranched alkanes of at least 4 members (excludes halogenated alkanes) is 3. The molecule has 5 heteroatoms. The van der Waals surface area contributed by atoms with Crippen LogP contribution in [-0.4, -0.2) is 61.6 Å². The fourth-order valence-corrected chi connectivity index (χ4v) is 2.01. The molecule has 1 unspecified atom stereocenters. The van der Waals surface area contributed by atoms with Crippen molar-refractivity contribution < 1.29 is 24.4 Å². The van der Waals surface area contributed by atoms with Crippen molar-refractivity contribution in [3.05, 3.63) is 0 Å². The molecule has 0 saturated carbocycles. The van der Waals surface area contributed by atoms with Crippen LogP contribution in [0.1, 0.15) is 59.3 Å². The predicted molar refractivity (Wildman–Crippen MR) is 88.1 cm³/mol. The molecule has 0 amide bonds. The molecule has 0 aromatic rings. The molecule has 5 nitrogen and oxygen atoms in total. The highest BCUT2D eigenvalue weighted by molar-refractivity contribution is 4.78. The third-order valence-electron chi connectivity index (χ3n) is 3.49. The van der Waals surface area contributed by atoms with E-state index < -0.39 is 18.3 Å². The summed E-state index contributed by atoms with van der Waals surface area (Å²) in [5, 5.41) is 19.9. The van der Waals surface area contributed by atoms with E-state index in [2.05, 4.69) is 20.8 Å². The molecule has 0 aromatic heterocycles. The van der Waals surface area contributed by atoms with Gasteiger partial charge in [0.15, 0.2) is 0 Å². The van der Waals surface area contributed by atoms with Gasteiger partial charge in [0.25, 0.3) is 0 Å². The van der Waals surface area contributed by atoms with Gasteiger partial charge in [0.2, 0.25) is 0 Å². The van der Waals surface area contributed by atoms with E-state index in [1.807, 2.05) is 0 Å². The summed E-state index contributed by atoms with van der Waals surface area (Å²) in [6.07, 6.45) is 4.11. The lowest BCUT2D eigenvalue weighted by Crippen LogP contribution is -2.45. The van der Waals surface area contributed by atoms with E-state index in [9.17, 15) is 10.2 Å².